The van der Waals surface area contributed by atoms with E-state index in [0.717, 1.165) is 15.7 Å². The normalized spacial score (nSPS) is 10.5. The van der Waals surface area contributed by atoms with Crippen molar-refractivity contribution in [2.24, 2.45) is 0 Å². The van der Waals surface area contributed by atoms with E-state index in [4.69, 9.17) is 5.73 Å². The molecule has 0 bridgehead atoms. The van der Waals surface area contributed by atoms with Crippen molar-refractivity contribution >= 4 is 34.1 Å². The van der Waals surface area contributed by atoms with Crippen LogP contribution in [0.15, 0.2) is 35.5 Å². The van der Waals surface area contributed by atoms with Crippen LogP contribution >= 0.6 is 11.8 Å². The lowest BCUT2D eigenvalue weighted by molar-refractivity contribution is -0.118. The Balaban J connectivity index is 2.19. The van der Waals surface area contributed by atoms with E-state index in [1.807, 2.05) is 25.1 Å². The number of nitrogen functional groups attached to an aromatic ring is 1. The molecule has 1 aromatic carbocycles. The standard InChI is InChI=1S/C13H15N3OS/c1-2-16-12(17)8-18-11-4-3-9-7-15-6-5-10(9)13(11)14/h3-7H,2,8,14H2,1H3,(H,16,17). The number of benzene rings is 1. The molecular formula is C13H15N3OS. The molecule has 1 aromatic heterocycles. The molecule has 1 heterocycles. The molecule has 0 saturated carbocycles. The second-order valence-corrected chi connectivity index (χ2v) is 4.83. The summed E-state index contributed by atoms with van der Waals surface area (Å²) in [6.45, 7) is 2.55. The number of hydrogen-bond donors (Lipinski definition) is 2. The molecule has 2 aromatic rings. The Labute approximate surface area is 110 Å². The average molecular weight is 261 g/mol. The third-order valence-corrected chi connectivity index (χ3v) is 3.63. The zero-order valence-electron chi connectivity index (χ0n) is 10.1. The van der Waals surface area contributed by atoms with E-state index in [9.17, 15) is 4.79 Å². The van der Waals surface area contributed by atoms with E-state index in [1.54, 1.807) is 12.4 Å². The molecule has 2 rings (SSSR count). The van der Waals surface area contributed by atoms with Crippen molar-refractivity contribution in [3.63, 3.8) is 0 Å². The molecule has 94 valence electrons. The molecular weight excluding hydrogens is 246 g/mol. The van der Waals surface area contributed by atoms with Gasteiger partial charge in [0.15, 0.2) is 0 Å². The molecule has 0 aliphatic heterocycles. The number of amides is 1. The van der Waals surface area contributed by atoms with Crippen LogP contribution in [0.3, 0.4) is 0 Å². The fraction of sp³-hybridized carbons (Fsp3) is 0.231. The van der Waals surface area contributed by atoms with E-state index >= 15 is 0 Å². The van der Waals surface area contributed by atoms with E-state index in [2.05, 4.69) is 10.3 Å². The zero-order chi connectivity index (χ0) is 13.0. The number of pyridine rings is 1. The van der Waals surface area contributed by atoms with E-state index in [1.165, 1.54) is 11.8 Å². The highest BCUT2D eigenvalue weighted by molar-refractivity contribution is 8.00. The minimum Gasteiger partial charge on any atom is -0.397 e. The molecule has 4 nitrogen and oxygen atoms in total. The van der Waals surface area contributed by atoms with Gasteiger partial charge in [-0.05, 0) is 19.1 Å². The molecule has 0 aliphatic carbocycles. The number of fused-ring (bicyclic) bond motifs is 1. The van der Waals surface area contributed by atoms with Gasteiger partial charge in [-0.15, -0.1) is 11.8 Å². The van der Waals surface area contributed by atoms with E-state index in [0.29, 0.717) is 18.0 Å². The molecule has 0 saturated heterocycles. The molecule has 5 heteroatoms. The maximum absolute atomic E-state index is 11.4. The predicted octanol–water partition coefficient (Wildman–Crippen LogP) is 2.05. The second-order valence-electron chi connectivity index (χ2n) is 3.82. The van der Waals surface area contributed by atoms with Gasteiger partial charge in [0.2, 0.25) is 5.91 Å². The van der Waals surface area contributed by atoms with Crippen LogP contribution in [0.25, 0.3) is 10.8 Å². The minimum atomic E-state index is 0.0247. The highest BCUT2D eigenvalue weighted by Crippen LogP contribution is 2.31. The quantitative estimate of drug-likeness (QED) is 0.653. The fourth-order valence-electron chi connectivity index (χ4n) is 1.69. The van der Waals surface area contributed by atoms with Gasteiger partial charge in [0.1, 0.15) is 0 Å². The van der Waals surface area contributed by atoms with Crippen LogP contribution in [0.2, 0.25) is 0 Å². The Morgan fingerprint density at radius 1 is 1.44 bits per heavy atom. The number of rotatable bonds is 4. The number of nitrogens with one attached hydrogen (secondary N) is 1. The van der Waals surface area contributed by atoms with Crippen molar-refractivity contribution < 1.29 is 4.79 Å². The summed E-state index contributed by atoms with van der Waals surface area (Å²) in [6.07, 6.45) is 3.50. The zero-order valence-corrected chi connectivity index (χ0v) is 11.0. The van der Waals surface area contributed by atoms with Crippen LogP contribution in [-0.2, 0) is 4.79 Å². The summed E-state index contributed by atoms with van der Waals surface area (Å²) in [6, 6.07) is 5.79. The first kappa shape index (κ1) is 12.7. The SMILES string of the molecule is CCNC(=O)CSc1ccc2cnccc2c1N. The summed E-state index contributed by atoms with van der Waals surface area (Å²) in [5, 5.41) is 4.75. The number of hydrogen-bond acceptors (Lipinski definition) is 4. The maximum Gasteiger partial charge on any atom is 0.230 e. The molecule has 0 unspecified atom stereocenters. The molecule has 0 fully saturated rings. The molecule has 18 heavy (non-hydrogen) atoms. The highest BCUT2D eigenvalue weighted by atomic mass is 32.2. The lowest BCUT2D eigenvalue weighted by Gasteiger charge is -2.08. The average Bonchev–Trinajstić information content (AvgIpc) is 2.39. The van der Waals surface area contributed by atoms with Crippen LogP contribution in [0, 0.1) is 0 Å². The first-order valence-corrected chi connectivity index (χ1v) is 6.72. The van der Waals surface area contributed by atoms with Crippen LogP contribution in [0.1, 0.15) is 6.92 Å². The van der Waals surface area contributed by atoms with Crippen molar-refractivity contribution in [1.82, 2.24) is 10.3 Å². The summed E-state index contributed by atoms with van der Waals surface area (Å²) in [5.74, 6) is 0.408. The third-order valence-electron chi connectivity index (χ3n) is 2.55. The smallest absolute Gasteiger partial charge is 0.230 e. The van der Waals surface area contributed by atoms with Gasteiger partial charge in [0.05, 0.1) is 11.4 Å². The van der Waals surface area contributed by atoms with Gasteiger partial charge in [0, 0.05) is 34.6 Å². The number of carbonyl (C=O) groups is 1. The fourth-order valence-corrected chi connectivity index (χ4v) is 2.51. The maximum atomic E-state index is 11.4. The highest BCUT2D eigenvalue weighted by Gasteiger charge is 2.07. The van der Waals surface area contributed by atoms with E-state index < -0.39 is 0 Å². The second kappa shape index (κ2) is 5.73. The van der Waals surface area contributed by atoms with Crippen molar-refractivity contribution in [2.45, 2.75) is 11.8 Å². The van der Waals surface area contributed by atoms with Crippen LogP contribution in [0.4, 0.5) is 5.69 Å². The number of thioether (sulfide) groups is 1. The Bertz CT molecular complexity index is 571. The van der Waals surface area contributed by atoms with Gasteiger partial charge in [0.25, 0.3) is 0 Å². The minimum absolute atomic E-state index is 0.0247. The topological polar surface area (TPSA) is 68.0 Å². The lowest BCUT2D eigenvalue weighted by Crippen LogP contribution is -2.24. The van der Waals surface area contributed by atoms with Crippen LogP contribution < -0.4 is 11.1 Å². The van der Waals surface area contributed by atoms with Crippen molar-refractivity contribution in [3.05, 3.63) is 30.6 Å². The molecule has 0 radical (unpaired) electrons. The molecule has 3 N–H and O–H groups in total. The van der Waals surface area contributed by atoms with Crippen molar-refractivity contribution in [1.29, 1.82) is 0 Å². The predicted molar refractivity (Wildman–Crippen MR) is 75.6 cm³/mol. The summed E-state index contributed by atoms with van der Waals surface area (Å²) in [4.78, 5) is 16.4. The van der Waals surface area contributed by atoms with E-state index in [-0.39, 0.29) is 5.91 Å². The Kier molecular flexibility index (Phi) is 4.04. The summed E-state index contributed by atoms with van der Waals surface area (Å²) in [5.41, 5.74) is 6.81. The molecule has 0 spiro atoms. The Morgan fingerprint density at radius 3 is 3.06 bits per heavy atom. The first-order valence-electron chi connectivity index (χ1n) is 5.74. The molecule has 1 amide bonds. The number of nitrogens with two attached hydrogens (primary N) is 1. The third kappa shape index (κ3) is 2.73. The summed E-state index contributed by atoms with van der Waals surface area (Å²) in [7, 11) is 0. The number of carbonyl (C=O) groups excluding carboxylic acids is 1. The number of aromatic nitrogens is 1. The van der Waals surface area contributed by atoms with Gasteiger partial charge >= 0.3 is 0 Å². The largest absolute Gasteiger partial charge is 0.397 e. The number of anilines is 1. The van der Waals surface area contributed by atoms with Crippen LogP contribution in [0.5, 0.6) is 0 Å². The lowest BCUT2D eigenvalue weighted by atomic mass is 10.1. The van der Waals surface area contributed by atoms with Gasteiger partial charge < -0.3 is 11.1 Å². The first-order chi connectivity index (χ1) is 8.72. The van der Waals surface area contributed by atoms with Crippen molar-refractivity contribution in [2.75, 3.05) is 18.0 Å². The van der Waals surface area contributed by atoms with Gasteiger partial charge in [-0.2, -0.15) is 0 Å². The monoisotopic (exact) mass is 261 g/mol. The Hall–Kier alpha value is -1.75. The molecule has 0 atom stereocenters. The van der Waals surface area contributed by atoms with Crippen molar-refractivity contribution in [3.8, 4) is 0 Å². The summed E-state index contributed by atoms with van der Waals surface area (Å²) < 4.78 is 0. The number of nitrogens with zero attached hydrogens (tertiary/aromatic N) is 1. The van der Waals surface area contributed by atoms with Gasteiger partial charge in [-0.1, -0.05) is 6.07 Å². The van der Waals surface area contributed by atoms with Crippen LogP contribution in [-0.4, -0.2) is 23.2 Å². The summed E-state index contributed by atoms with van der Waals surface area (Å²) >= 11 is 1.45. The van der Waals surface area contributed by atoms with Gasteiger partial charge in [-0.25, -0.2) is 0 Å². The van der Waals surface area contributed by atoms with Gasteiger partial charge in [-0.3, -0.25) is 9.78 Å². The molecule has 0 aliphatic rings. The Morgan fingerprint density at radius 2 is 2.28 bits per heavy atom.